The fourth-order valence-corrected chi connectivity index (χ4v) is 1.80. The average Bonchev–Trinajstić information content (AvgIpc) is 2.29. The average molecular weight is 225 g/mol. The first kappa shape index (κ1) is 12.7. The molecule has 5 heteroatoms. The van der Waals surface area contributed by atoms with Crippen LogP contribution in [0.2, 0.25) is 0 Å². The number of hydrogen-bond acceptors (Lipinski definition) is 3. The minimum Gasteiger partial charge on any atom is -0.353 e. The van der Waals surface area contributed by atoms with E-state index in [0.717, 1.165) is 0 Å². The third kappa shape index (κ3) is 3.06. The molecule has 1 heterocycles. The van der Waals surface area contributed by atoms with E-state index in [-0.39, 0.29) is 24.4 Å². The minimum absolute atomic E-state index is 0.0245. The van der Waals surface area contributed by atoms with Gasteiger partial charge >= 0.3 is 0 Å². The second-order valence-corrected chi connectivity index (χ2v) is 3.72. The smallest absolute Gasteiger partial charge is 0.242 e. The number of carbonyl (C=O) groups is 2. The van der Waals surface area contributed by atoms with Crippen molar-refractivity contribution in [1.82, 2.24) is 15.5 Å². The van der Waals surface area contributed by atoms with Gasteiger partial charge in [-0.1, -0.05) is 13.0 Å². The maximum absolute atomic E-state index is 11.8. The molecule has 1 fully saturated rings. The SMILES string of the molecule is C=CCNCC(=O)N1CCNC(=O)C1CC. The van der Waals surface area contributed by atoms with Crippen LogP contribution in [0.4, 0.5) is 0 Å². The summed E-state index contributed by atoms with van der Waals surface area (Å²) in [6.07, 6.45) is 2.35. The summed E-state index contributed by atoms with van der Waals surface area (Å²) in [5.41, 5.74) is 0. The van der Waals surface area contributed by atoms with Crippen LogP contribution in [0.15, 0.2) is 12.7 Å². The Labute approximate surface area is 95.9 Å². The molecule has 2 N–H and O–H groups in total. The van der Waals surface area contributed by atoms with Crippen molar-refractivity contribution in [2.75, 3.05) is 26.2 Å². The zero-order chi connectivity index (χ0) is 12.0. The van der Waals surface area contributed by atoms with Crippen LogP contribution in [0, 0.1) is 0 Å². The molecule has 1 rings (SSSR count). The van der Waals surface area contributed by atoms with Gasteiger partial charge in [-0.2, -0.15) is 0 Å². The van der Waals surface area contributed by atoms with Crippen molar-refractivity contribution in [3.8, 4) is 0 Å². The lowest BCUT2D eigenvalue weighted by Crippen LogP contribution is -2.58. The summed E-state index contributed by atoms with van der Waals surface area (Å²) >= 11 is 0. The number of piperazine rings is 1. The Morgan fingerprint density at radius 2 is 2.50 bits per heavy atom. The Balaban J connectivity index is 2.51. The highest BCUT2D eigenvalue weighted by molar-refractivity contribution is 5.89. The standard InChI is InChI=1S/C11H19N3O2/c1-3-5-12-8-10(15)14-7-6-13-11(16)9(14)4-2/h3,9,12H,1,4-8H2,2H3,(H,13,16). The van der Waals surface area contributed by atoms with Gasteiger partial charge in [-0.25, -0.2) is 0 Å². The predicted molar refractivity (Wildman–Crippen MR) is 61.9 cm³/mol. The van der Waals surface area contributed by atoms with Crippen LogP contribution in [-0.4, -0.2) is 48.9 Å². The molecule has 0 aromatic heterocycles. The van der Waals surface area contributed by atoms with E-state index in [0.29, 0.717) is 26.1 Å². The van der Waals surface area contributed by atoms with Crippen molar-refractivity contribution in [3.05, 3.63) is 12.7 Å². The van der Waals surface area contributed by atoms with Gasteiger partial charge in [-0.05, 0) is 6.42 Å². The number of rotatable bonds is 5. The summed E-state index contributed by atoms with van der Waals surface area (Å²) in [5.74, 6) is -0.0747. The first-order chi connectivity index (χ1) is 7.70. The normalized spacial score (nSPS) is 20.4. The lowest BCUT2D eigenvalue weighted by atomic mass is 10.1. The Bertz CT molecular complexity index is 278. The molecule has 1 aliphatic heterocycles. The summed E-state index contributed by atoms with van der Waals surface area (Å²) in [6.45, 7) is 7.47. The fourth-order valence-electron chi connectivity index (χ4n) is 1.80. The van der Waals surface area contributed by atoms with Gasteiger partial charge in [0.1, 0.15) is 6.04 Å². The number of nitrogens with zero attached hydrogens (tertiary/aromatic N) is 1. The summed E-state index contributed by atoms with van der Waals surface area (Å²) in [7, 11) is 0. The fraction of sp³-hybridized carbons (Fsp3) is 0.636. The summed E-state index contributed by atoms with van der Waals surface area (Å²) < 4.78 is 0. The number of hydrogen-bond donors (Lipinski definition) is 2. The zero-order valence-electron chi connectivity index (χ0n) is 9.66. The summed E-state index contributed by atoms with van der Waals surface area (Å²) in [4.78, 5) is 25.0. The minimum atomic E-state index is -0.313. The van der Waals surface area contributed by atoms with Crippen LogP contribution in [0.3, 0.4) is 0 Å². The lowest BCUT2D eigenvalue weighted by Gasteiger charge is -2.34. The van der Waals surface area contributed by atoms with Crippen molar-refractivity contribution in [2.45, 2.75) is 19.4 Å². The van der Waals surface area contributed by atoms with Crippen molar-refractivity contribution in [3.63, 3.8) is 0 Å². The van der Waals surface area contributed by atoms with Crippen molar-refractivity contribution >= 4 is 11.8 Å². The highest BCUT2D eigenvalue weighted by Gasteiger charge is 2.30. The Morgan fingerprint density at radius 3 is 3.12 bits per heavy atom. The Kier molecular flexibility index (Phi) is 4.98. The Morgan fingerprint density at radius 1 is 1.75 bits per heavy atom. The van der Waals surface area contributed by atoms with E-state index in [2.05, 4.69) is 17.2 Å². The second-order valence-electron chi connectivity index (χ2n) is 3.72. The highest BCUT2D eigenvalue weighted by Crippen LogP contribution is 2.08. The number of nitrogens with one attached hydrogen (secondary N) is 2. The molecule has 0 aromatic carbocycles. The molecule has 0 saturated carbocycles. The molecule has 0 radical (unpaired) electrons. The second kappa shape index (κ2) is 6.27. The molecule has 90 valence electrons. The van der Waals surface area contributed by atoms with Gasteiger partial charge in [0.25, 0.3) is 0 Å². The van der Waals surface area contributed by atoms with Gasteiger partial charge in [-0.15, -0.1) is 6.58 Å². The lowest BCUT2D eigenvalue weighted by molar-refractivity contribution is -0.142. The first-order valence-electron chi connectivity index (χ1n) is 5.59. The predicted octanol–water partition coefficient (Wildman–Crippen LogP) is -0.501. The molecule has 1 aliphatic rings. The third-order valence-electron chi connectivity index (χ3n) is 2.60. The van der Waals surface area contributed by atoms with Gasteiger partial charge in [0.2, 0.25) is 11.8 Å². The van der Waals surface area contributed by atoms with Crippen molar-refractivity contribution in [2.24, 2.45) is 0 Å². The van der Waals surface area contributed by atoms with Crippen LogP contribution in [0.25, 0.3) is 0 Å². The maximum Gasteiger partial charge on any atom is 0.242 e. The molecule has 1 atom stereocenters. The molecular weight excluding hydrogens is 206 g/mol. The van der Waals surface area contributed by atoms with Crippen molar-refractivity contribution < 1.29 is 9.59 Å². The quantitative estimate of drug-likeness (QED) is 0.490. The van der Waals surface area contributed by atoms with E-state index in [4.69, 9.17) is 0 Å². The maximum atomic E-state index is 11.8. The van der Waals surface area contributed by atoms with Crippen molar-refractivity contribution in [1.29, 1.82) is 0 Å². The summed E-state index contributed by atoms with van der Waals surface area (Å²) in [6, 6.07) is -0.313. The molecule has 0 spiro atoms. The highest BCUT2D eigenvalue weighted by atomic mass is 16.2. The van der Waals surface area contributed by atoms with Gasteiger partial charge in [0, 0.05) is 19.6 Å². The van der Waals surface area contributed by atoms with Gasteiger partial charge in [-0.3, -0.25) is 9.59 Å². The Hall–Kier alpha value is -1.36. The molecule has 2 amide bonds. The molecule has 5 nitrogen and oxygen atoms in total. The van der Waals surface area contributed by atoms with Gasteiger partial charge < -0.3 is 15.5 Å². The molecule has 0 bridgehead atoms. The van der Waals surface area contributed by atoms with Gasteiger partial charge in [0.05, 0.1) is 6.54 Å². The van der Waals surface area contributed by atoms with Gasteiger partial charge in [0.15, 0.2) is 0 Å². The molecule has 0 aromatic rings. The topological polar surface area (TPSA) is 61.4 Å². The van der Waals surface area contributed by atoms with E-state index in [9.17, 15) is 9.59 Å². The summed E-state index contributed by atoms with van der Waals surface area (Å²) in [5, 5.41) is 5.72. The third-order valence-corrected chi connectivity index (χ3v) is 2.60. The van der Waals surface area contributed by atoms with Crippen LogP contribution in [0.1, 0.15) is 13.3 Å². The molecule has 1 unspecified atom stereocenters. The largest absolute Gasteiger partial charge is 0.353 e. The molecule has 1 saturated heterocycles. The van der Waals surface area contributed by atoms with E-state index in [1.807, 2.05) is 6.92 Å². The van der Waals surface area contributed by atoms with Crippen LogP contribution < -0.4 is 10.6 Å². The molecule has 0 aliphatic carbocycles. The number of carbonyl (C=O) groups excluding carboxylic acids is 2. The van der Waals surface area contributed by atoms with E-state index < -0.39 is 0 Å². The van der Waals surface area contributed by atoms with E-state index in [1.165, 1.54) is 0 Å². The number of amides is 2. The zero-order valence-corrected chi connectivity index (χ0v) is 9.66. The van der Waals surface area contributed by atoms with Crippen LogP contribution >= 0.6 is 0 Å². The van der Waals surface area contributed by atoms with E-state index >= 15 is 0 Å². The van der Waals surface area contributed by atoms with E-state index in [1.54, 1.807) is 11.0 Å². The molecule has 16 heavy (non-hydrogen) atoms. The monoisotopic (exact) mass is 225 g/mol. The first-order valence-corrected chi connectivity index (χ1v) is 5.59. The van der Waals surface area contributed by atoms with Crippen LogP contribution in [0.5, 0.6) is 0 Å². The van der Waals surface area contributed by atoms with Crippen LogP contribution in [-0.2, 0) is 9.59 Å². The molecular formula is C11H19N3O2.